The standard InChI is InChI=1S/C28H32ClN5O6/c1-2-25(36)40-26-21(32-10-9-31(16-24(32)35)15-18-8-13-39-17-18)4-3-5-22(26)33-11-12-34(28(38)27(33)37)23-14-19(29)6-7-20(23)30/h3-7,14,18H,2,8-13,15-17,30H2,1H3/t18-/m0/s1. The minimum atomic E-state index is -0.813. The number of carbonyl (C=O) groups is 4. The van der Waals surface area contributed by atoms with Crippen LogP contribution in [0.15, 0.2) is 36.4 Å². The molecule has 0 bridgehead atoms. The third kappa shape index (κ3) is 5.63. The number of nitrogen functional groups attached to an aromatic ring is 1. The molecular formula is C28H32ClN5O6. The Kier molecular flexibility index (Phi) is 8.24. The summed E-state index contributed by atoms with van der Waals surface area (Å²) in [5, 5.41) is 0.384. The molecule has 0 aliphatic carbocycles. The highest BCUT2D eigenvalue weighted by molar-refractivity contribution is 6.46. The molecule has 0 unspecified atom stereocenters. The van der Waals surface area contributed by atoms with Crippen molar-refractivity contribution >= 4 is 58.0 Å². The second kappa shape index (κ2) is 11.8. The molecular weight excluding hydrogens is 538 g/mol. The number of nitrogens with two attached hydrogens (primary N) is 1. The zero-order valence-electron chi connectivity index (χ0n) is 22.3. The Labute approximate surface area is 237 Å². The first-order valence-corrected chi connectivity index (χ1v) is 13.8. The molecule has 0 saturated carbocycles. The van der Waals surface area contributed by atoms with Crippen molar-refractivity contribution in [3.05, 3.63) is 41.4 Å². The third-order valence-electron chi connectivity index (χ3n) is 7.40. The first-order chi connectivity index (χ1) is 19.3. The zero-order valence-corrected chi connectivity index (χ0v) is 23.1. The van der Waals surface area contributed by atoms with Gasteiger partial charge in [0.1, 0.15) is 0 Å². The Bertz CT molecular complexity index is 1330. The van der Waals surface area contributed by atoms with Gasteiger partial charge in [-0.15, -0.1) is 0 Å². The number of ether oxygens (including phenoxy) is 2. The fourth-order valence-electron chi connectivity index (χ4n) is 5.30. The van der Waals surface area contributed by atoms with Crippen LogP contribution in [0.25, 0.3) is 0 Å². The quantitative estimate of drug-likeness (QED) is 0.233. The molecule has 0 spiro atoms. The number of carbonyl (C=O) groups excluding carboxylic acids is 4. The molecule has 212 valence electrons. The van der Waals surface area contributed by atoms with E-state index in [0.717, 1.165) is 19.6 Å². The third-order valence-corrected chi connectivity index (χ3v) is 7.64. The number of benzene rings is 2. The maximum Gasteiger partial charge on any atom is 0.317 e. The Hall–Kier alpha value is -3.67. The second-order valence-electron chi connectivity index (χ2n) is 10.1. The summed E-state index contributed by atoms with van der Waals surface area (Å²) in [6.07, 6.45) is 1.07. The molecule has 40 heavy (non-hydrogen) atoms. The first-order valence-electron chi connectivity index (χ1n) is 13.4. The highest BCUT2D eigenvalue weighted by Gasteiger charge is 2.38. The summed E-state index contributed by atoms with van der Waals surface area (Å²) in [6, 6.07) is 9.70. The van der Waals surface area contributed by atoms with Crippen molar-refractivity contribution in [2.45, 2.75) is 19.8 Å². The molecule has 1 atom stereocenters. The molecule has 3 aliphatic rings. The van der Waals surface area contributed by atoms with Gasteiger partial charge in [0.15, 0.2) is 5.75 Å². The van der Waals surface area contributed by atoms with Crippen LogP contribution in [0.5, 0.6) is 5.75 Å². The van der Waals surface area contributed by atoms with Gasteiger partial charge < -0.3 is 25.0 Å². The minimum absolute atomic E-state index is 0.0808. The van der Waals surface area contributed by atoms with Gasteiger partial charge in [-0.05, 0) is 42.7 Å². The van der Waals surface area contributed by atoms with E-state index in [1.54, 1.807) is 42.2 Å². The number of hydrogen-bond donors (Lipinski definition) is 1. The van der Waals surface area contributed by atoms with Gasteiger partial charge in [-0.1, -0.05) is 24.6 Å². The summed E-state index contributed by atoms with van der Waals surface area (Å²) in [5.74, 6) is -1.78. The van der Waals surface area contributed by atoms with E-state index in [4.69, 9.17) is 26.8 Å². The predicted octanol–water partition coefficient (Wildman–Crippen LogP) is 2.30. The first kappa shape index (κ1) is 27.9. The van der Waals surface area contributed by atoms with Crippen LogP contribution in [0.2, 0.25) is 5.02 Å². The van der Waals surface area contributed by atoms with Crippen LogP contribution < -0.4 is 25.2 Å². The van der Waals surface area contributed by atoms with Crippen LogP contribution in [-0.4, -0.2) is 81.1 Å². The Morgan fingerprint density at radius 1 is 1.00 bits per heavy atom. The van der Waals surface area contributed by atoms with Crippen molar-refractivity contribution < 1.29 is 28.7 Å². The van der Waals surface area contributed by atoms with Crippen LogP contribution in [-0.2, 0) is 23.9 Å². The molecule has 3 aliphatic heterocycles. The molecule has 0 aromatic heterocycles. The molecule has 11 nitrogen and oxygen atoms in total. The summed E-state index contributed by atoms with van der Waals surface area (Å²) < 4.78 is 11.2. The smallest absolute Gasteiger partial charge is 0.317 e. The number of halogens is 1. The molecule has 3 amide bonds. The van der Waals surface area contributed by atoms with Gasteiger partial charge in [-0.25, -0.2) is 0 Å². The van der Waals surface area contributed by atoms with Gasteiger partial charge in [0, 0.05) is 50.8 Å². The Morgan fingerprint density at radius 2 is 1.68 bits per heavy atom. The van der Waals surface area contributed by atoms with Gasteiger partial charge in [-0.2, -0.15) is 0 Å². The molecule has 3 heterocycles. The molecule has 12 heteroatoms. The zero-order chi connectivity index (χ0) is 28.4. The number of nitrogens with zero attached hydrogens (tertiary/aromatic N) is 4. The van der Waals surface area contributed by atoms with Crippen LogP contribution in [0.1, 0.15) is 19.8 Å². The van der Waals surface area contributed by atoms with Gasteiger partial charge >= 0.3 is 17.8 Å². The fourth-order valence-corrected chi connectivity index (χ4v) is 5.46. The molecule has 2 aromatic rings. The molecule has 2 aromatic carbocycles. The van der Waals surface area contributed by atoms with E-state index in [9.17, 15) is 19.2 Å². The Morgan fingerprint density at radius 3 is 2.33 bits per heavy atom. The van der Waals surface area contributed by atoms with Gasteiger partial charge in [0.25, 0.3) is 0 Å². The highest BCUT2D eigenvalue weighted by Crippen LogP contribution is 2.40. The minimum Gasteiger partial charge on any atom is -0.422 e. The largest absolute Gasteiger partial charge is 0.422 e. The maximum atomic E-state index is 13.4. The van der Waals surface area contributed by atoms with Gasteiger partial charge in [0.05, 0.1) is 35.9 Å². The normalized spacial score (nSPS) is 20.4. The molecule has 0 radical (unpaired) electrons. The average molecular weight is 570 g/mol. The summed E-state index contributed by atoms with van der Waals surface area (Å²) in [4.78, 5) is 58.7. The highest BCUT2D eigenvalue weighted by atomic mass is 35.5. The van der Waals surface area contributed by atoms with E-state index in [1.807, 2.05) is 0 Å². The predicted molar refractivity (Wildman–Crippen MR) is 151 cm³/mol. The topological polar surface area (TPSA) is 126 Å². The summed E-state index contributed by atoms with van der Waals surface area (Å²) in [7, 11) is 0. The number of anilines is 4. The summed E-state index contributed by atoms with van der Waals surface area (Å²) in [6.45, 7) is 5.41. The van der Waals surface area contributed by atoms with E-state index in [1.165, 1.54) is 15.9 Å². The molecule has 3 fully saturated rings. The lowest BCUT2D eigenvalue weighted by molar-refractivity contribution is -0.137. The van der Waals surface area contributed by atoms with E-state index < -0.39 is 17.8 Å². The van der Waals surface area contributed by atoms with Crippen LogP contribution >= 0.6 is 11.6 Å². The van der Waals surface area contributed by atoms with Crippen molar-refractivity contribution in [1.82, 2.24) is 4.90 Å². The summed E-state index contributed by atoms with van der Waals surface area (Å²) in [5.41, 5.74) is 7.35. The lowest BCUT2D eigenvalue weighted by atomic mass is 10.1. The van der Waals surface area contributed by atoms with Gasteiger partial charge in [0.2, 0.25) is 5.91 Å². The van der Waals surface area contributed by atoms with Crippen LogP contribution in [0, 0.1) is 5.92 Å². The van der Waals surface area contributed by atoms with Crippen molar-refractivity contribution in [2.24, 2.45) is 5.92 Å². The van der Waals surface area contributed by atoms with Crippen LogP contribution in [0.3, 0.4) is 0 Å². The number of esters is 1. The van der Waals surface area contributed by atoms with Crippen molar-refractivity contribution in [1.29, 1.82) is 0 Å². The van der Waals surface area contributed by atoms with Crippen molar-refractivity contribution in [2.75, 3.05) is 72.9 Å². The van der Waals surface area contributed by atoms with Crippen LogP contribution in [0.4, 0.5) is 22.7 Å². The molecule has 3 saturated heterocycles. The molecule has 5 rings (SSSR count). The SMILES string of the molecule is CCC(=O)Oc1c(N2CCN(C[C@@H]3CCOC3)CC2=O)cccc1N1CCN(c2cc(Cl)ccc2N)C(=O)C1=O. The van der Waals surface area contributed by atoms with E-state index in [2.05, 4.69) is 4.90 Å². The number of piperazine rings is 2. The number of hydrogen-bond acceptors (Lipinski definition) is 8. The second-order valence-corrected chi connectivity index (χ2v) is 10.5. The summed E-state index contributed by atoms with van der Waals surface area (Å²) >= 11 is 6.10. The van der Waals surface area contributed by atoms with Crippen molar-refractivity contribution in [3.63, 3.8) is 0 Å². The monoisotopic (exact) mass is 569 g/mol. The lowest BCUT2D eigenvalue weighted by Crippen LogP contribution is -2.55. The average Bonchev–Trinajstić information content (AvgIpc) is 3.45. The number of amides is 3. The lowest BCUT2D eigenvalue weighted by Gasteiger charge is -2.37. The fraction of sp³-hybridized carbons (Fsp3) is 0.429. The van der Waals surface area contributed by atoms with E-state index in [0.29, 0.717) is 47.7 Å². The number of para-hydroxylation sites is 1. The van der Waals surface area contributed by atoms with E-state index in [-0.39, 0.29) is 43.4 Å². The Balaban J connectivity index is 1.41. The maximum absolute atomic E-state index is 13.4. The van der Waals surface area contributed by atoms with Crippen molar-refractivity contribution in [3.8, 4) is 5.75 Å². The number of rotatable bonds is 7. The van der Waals surface area contributed by atoms with Gasteiger partial charge in [-0.3, -0.25) is 29.0 Å². The van der Waals surface area contributed by atoms with E-state index >= 15 is 0 Å². The molecule has 2 N–H and O–H groups in total.